The number of likely N-dealkylation sites (tertiary alicyclic amines) is 1. The topological polar surface area (TPSA) is 44.4 Å². The van der Waals surface area contributed by atoms with E-state index in [0.717, 1.165) is 38.0 Å². The van der Waals surface area contributed by atoms with Crippen molar-refractivity contribution in [2.75, 3.05) is 20.1 Å². The molecule has 0 spiro atoms. The molecule has 1 saturated heterocycles. The number of amides is 1. The molecule has 1 amide bonds. The van der Waals surface area contributed by atoms with Crippen molar-refractivity contribution in [3.8, 4) is 0 Å². The number of nitrogens with zero attached hydrogens (tertiary/aromatic N) is 1. The lowest BCUT2D eigenvalue weighted by molar-refractivity contribution is -0.124. The van der Waals surface area contributed by atoms with Crippen LogP contribution in [-0.4, -0.2) is 43.0 Å². The first kappa shape index (κ1) is 19.3. The van der Waals surface area contributed by atoms with Crippen molar-refractivity contribution in [3.63, 3.8) is 0 Å². The van der Waals surface area contributed by atoms with Gasteiger partial charge in [-0.05, 0) is 61.8 Å². The van der Waals surface area contributed by atoms with Gasteiger partial charge in [-0.25, -0.2) is 4.39 Å². The highest BCUT2D eigenvalue weighted by molar-refractivity contribution is 5.82. The third-order valence-corrected chi connectivity index (χ3v) is 5.95. The van der Waals surface area contributed by atoms with Gasteiger partial charge in [0.1, 0.15) is 5.82 Å². The molecule has 2 N–H and O–H groups in total. The first-order valence-electron chi connectivity index (χ1n) is 9.90. The Morgan fingerprint density at radius 1 is 1.23 bits per heavy atom. The highest BCUT2D eigenvalue weighted by atomic mass is 19.1. The molecule has 3 rings (SSSR count). The normalized spacial score (nSPS) is 26.9. The minimum absolute atomic E-state index is 0.106. The minimum atomic E-state index is -0.185. The Morgan fingerprint density at radius 3 is 2.62 bits per heavy atom. The molecule has 4 nitrogen and oxygen atoms in total. The van der Waals surface area contributed by atoms with Crippen LogP contribution in [0.2, 0.25) is 0 Å². The maximum absolute atomic E-state index is 13.1. The van der Waals surface area contributed by atoms with Gasteiger partial charge in [-0.2, -0.15) is 0 Å². The molecule has 0 bridgehead atoms. The lowest BCUT2D eigenvalue weighted by atomic mass is 9.97. The average molecular weight is 362 g/mol. The van der Waals surface area contributed by atoms with E-state index in [4.69, 9.17) is 0 Å². The maximum Gasteiger partial charge on any atom is 0.237 e. The van der Waals surface area contributed by atoms with Crippen LogP contribution in [0.25, 0.3) is 0 Å². The van der Waals surface area contributed by atoms with Gasteiger partial charge < -0.3 is 10.6 Å². The van der Waals surface area contributed by atoms with Crippen molar-refractivity contribution in [3.05, 3.63) is 35.6 Å². The summed E-state index contributed by atoms with van der Waals surface area (Å²) in [5, 5.41) is 6.48. The number of nitrogens with one attached hydrogen (secondary N) is 2. The monoisotopic (exact) mass is 361 g/mol. The molecule has 1 aliphatic heterocycles. The van der Waals surface area contributed by atoms with Crippen molar-refractivity contribution >= 4 is 5.91 Å². The molecule has 5 heteroatoms. The van der Waals surface area contributed by atoms with Crippen molar-refractivity contribution < 1.29 is 9.18 Å². The first-order valence-corrected chi connectivity index (χ1v) is 9.90. The standard InChI is InChI=1S/C21H32FN3O/c1-14(2)10-20(23-3)21(26)24-19-9-6-16-12-25(13-18(16)19)11-15-4-7-17(22)8-5-15/h4-5,7-8,14,16,18-20,23H,6,9-13H2,1-3H3,(H,24,26)/t16-,18+,19+,20+/m1/s1. The largest absolute Gasteiger partial charge is 0.352 e. The summed E-state index contributed by atoms with van der Waals surface area (Å²) in [7, 11) is 1.87. The number of rotatable bonds is 7. The van der Waals surface area contributed by atoms with E-state index in [1.165, 1.54) is 18.6 Å². The number of benzene rings is 1. The molecule has 1 saturated carbocycles. The highest BCUT2D eigenvalue weighted by Gasteiger charge is 2.43. The zero-order chi connectivity index (χ0) is 18.7. The van der Waals surface area contributed by atoms with E-state index in [1.807, 2.05) is 19.2 Å². The second-order valence-corrected chi connectivity index (χ2v) is 8.41. The van der Waals surface area contributed by atoms with Gasteiger partial charge in [0.2, 0.25) is 5.91 Å². The zero-order valence-electron chi connectivity index (χ0n) is 16.2. The summed E-state index contributed by atoms with van der Waals surface area (Å²) in [6.45, 7) is 7.25. The third kappa shape index (κ3) is 4.63. The molecular weight excluding hydrogens is 329 g/mol. The summed E-state index contributed by atoms with van der Waals surface area (Å²) in [6, 6.07) is 6.97. The molecule has 0 unspecified atom stereocenters. The molecule has 26 heavy (non-hydrogen) atoms. The summed E-state index contributed by atoms with van der Waals surface area (Å²) in [5.41, 5.74) is 1.15. The molecule has 1 aliphatic carbocycles. The molecule has 0 aromatic heterocycles. The maximum atomic E-state index is 13.1. The van der Waals surface area contributed by atoms with Gasteiger partial charge in [0.15, 0.2) is 0 Å². The van der Waals surface area contributed by atoms with Crippen LogP contribution in [0, 0.1) is 23.6 Å². The van der Waals surface area contributed by atoms with Gasteiger partial charge in [0, 0.05) is 25.7 Å². The summed E-state index contributed by atoms with van der Waals surface area (Å²) in [4.78, 5) is 15.1. The van der Waals surface area contributed by atoms with Crippen LogP contribution in [0.1, 0.15) is 38.7 Å². The Bertz CT molecular complexity index is 604. The van der Waals surface area contributed by atoms with E-state index < -0.39 is 0 Å². The molecular formula is C21H32FN3O. The summed E-state index contributed by atoms with van der Waals surface area (Å²) in [6.07, 6.45) is 3.13. The van der Waals surface area contributed by atoms with Gasteiger partial charge in [-0.3, -0.25) is 9.69 Å². The van der Waals surface area contributed by atoms with E-state index in [-0.39, 0.29) is 23.8 Å². The van der Waals surface area contributed by atoms with Crippen molar-refractivity contribution in [1.29, 1.82) is 0 Å². The van der Waals surface area contributed by atoms with Gasteiger partial charge in [-0.15, -0.1) is 0 Å². The van der Waals surface area contributed by atoms with Gasteiger partial charge >= 0.3 is 0 Å². The minimum Gasteiger partial charge on any atom is -0.352 e. The van der Waals surface area contributed by atoms with Crippen LogP contribution < -0.4 is 10.6 Å². The molecule has 2 fully saturated rings. The molecule has 1 aromatic carbocycles. The summed E-state index contributed by atoms with van der Waals surface area (Å²) < 4.78 is 13.1. The lowest BCUT2D eigenvalue weighted by Crippen LogP contribution is -2.49. The molecule has 0 radical (unpaired) electrons. The zero-order valence-corrected chi connectivity index (χ0v) is 16.2. The smallest absolute Gasteiger partial charge is 0.237 e. The van der Waals surface area contributed by atoms with Crippen molar-refractivity contribution in [1.82, 2.24) is 15.5 Å². The number of hydrogen-bond donors (Lipinski definition) is 2. The number of fused-ring (bicyclic) bond motifs is 1. The number of carbonyl (C=O) groups excluding carboxylic acids is 1. The van der Waals surface area contributed by atoms with Crippen molar-refractivity contribution in [2.24, 2.45) is 17.8 Å². The molecule has 1 heterocycles. The van der Waals surface area contributed by atoms with E-state index >= 15 is 0 Å². The third-order valence-electron chi connectivity index (χ3n) is 5.95. The Kier molecular flexibility index (Phi) is 6.30. The molecule has 1 aromatic rings. The molecule has 4 atom stereocenters. The Hall–Kier alpha value is -1.46. The number of hydrogen-bond acceptors (Lipinski definition) is 3. The predicted molar refractivity (Wildman–Crippen MR) is 102 cm³/mol. The van der Waals surface area contributed by atoms with Crippen LogP contribution in [0.4, 0.5) is 4.39 Å². The number of halogens is 1. The Balaban J connectivity index is 1.54. The van der Waals surface area contributed by atoms with Crippen LogP contribution in [-0.2, 0) is 11.3 Å². The number of carbonyl (C=O) groups is 1. The number of likely N-dealkylation sites (N-methyl/N-ethyl adjacent to an activating group) is 1. The fourth-order valence-corrected chi connectivity index (χ4v) is 4.62. The molecule has 144 valence electrons. The Labute approximate surface area is 156 Å². The SMILES string of the molecule is CN[C@@H](CC(C)C)C(=O)N[C@H]1CC[C@@H]2CN(Cc3ccc(F)cc3)C[C@@H]21. The van der Waals surface area contributed by atoms with Crippen LogP contribution in [0.15, 0.2) is 24.3 Å². The van der Waals surface area contributed by atoms with Crippen molar-refractivity contribution in [2.45, 2.75) is 51.7 Å². The summed E-state index contributed by atoms with van der Waals surface area (Å²) in [5.74, 6) is 1.65. The van der Waals surface area contributed by atoms with Crippen LogP contribution >= 0.6 is 0 Å². The van der Waals surface area contributed by atoms with E-state index in [0.29, 0.717) is 17.8 Å². The summed E-state index contributed by atoms with van der Waals surface area (Å²) >= 11 is 0. The Morgan fingerprint density at radius 2 is 1.96 bits per heavy atom. The predicted octanol–water partition coefficient (Wildman–Crippen LogP) is 2.79. The van der Waals surface area contributed by atoms with Gasteiger partial charge in [0.05, 0.1) is 6.04 Å². The van der Waals surface area contributed by atoms with E-state index in [9.17, 15) is 9.18 Å². The highest BCUT2D eigenvalue weighted by Crippen LogP contribution is 2.38. The van der Waals surface area contributed by atoms with Crippen LogP contribution in [0.3, 0.4) is 0 Å². The van der Waals surface area contributed by atoms with Crippen LogP contribution in [0.5, 0.6) is 0 Å². The fourth-order valence-electron chi connectivity index (χ4n) is 4.62. The quantitative estimate of drug-likeness (QED) is 0.785. The van der Waals surface area contributed by atoms with Gasteiger partial charge in [-0.1, -0.05) is 26.0 Å². The van der Waals surface area contributed by atoms with E-state index in [1.54, 1.807) is 0 Å². The second kappa shape index (κ2) is 8.49. The second-order valence-electron chi connectivity index (χ2n) is 8.41. The lowest BCUT2D eigenvalue weighted by Gasteiger charge is -2.25. The fraction of sp³-hybridized carbons (Fsp3) is 0.667. The molecule has 2 aliphatic rings. The first-order chi connectivity index (χ1) is 12.5. The average Bonchev–Trinajstić information content (AvgIpc) is 3.16. The van der Waals surface area contributed by atoms with E-state index in [2.05, 4.69) is 29.4 Å². The van der Waals surface area contributed by atoms with Gasteiger partial charge in [0.25, 0.3) is 0 Å².